The van der Waals surface area contributed by atoms with Crippen molar-refractivity contribution >= 4 is 23.5 Å². The summed E-state index contributed by atoms with van der Waals surface area (Å²) in [7, 11) is 0. The van der Waals surface area contributed by atoms with E-state index in [-0.39, 0.29) is 19.1 Å². The minimum Gasteiger partial charge on any atom is -0.480 e. The predicted octanol–water partition coefficient (Wildman–Crippen LogP) is 2.17. The number of nitrogens with zero attached hydrogens (tertiary/aromatic N) is 1. The van der Waals surface area contributed by atoms with Crippen LogP contribution < -0.4 is 5.32 Å². The van der Waals surface area contributed by atoms with Crippen LogP contribution in [0.15, 0.2) is 48.5 Å². The summed E-state index contributed by atoms with van der Waals surface area (Å²) in [6, 6.07) is 12.7. The topological polar surface area (TPSA) is 95.9 Å². The van der Waals surface area contributed by atoms with Crippen LogP contribution in [-0.4, -0.2) is 53.6 Å². The second-order valence-corrected chi connectivity index (χ2v) is 6.28. The third-order valence-electron chi connectivity index (χ3n) is 4.44. The zero-order valence-electron chi connectivity index (χ0n) is 14.8. The highest BCUT2D eigenvalue weighted by Gasteiger charge is 2.33. The Labute approximate surface area is 156 Å². The number of hydrogen-bond donors (Lipinski definition) is 2. The molecule has 2 amide bonds. The zero-order chi connectivity index (χ0) is 19.4. The first kappa shape index (κ1) is 18.6. The van der Waals surface area contributed by atoms with Crippen molar-refractivity contribution in [3.63, 3.8) is 0 Å². The quantitative estimate of drug-likeness (QED) is 0.862. The van der Waals surface area contributed by atoms with Gasteiger partial charge in [0.1, 0.15) is 0 Å². The molecule has 2 aromatic rings. The first-order chi connectivity index (χ1) is 13.0. The van der Waals surface area contributed by atoms with Crippen molar-refractivity contribution < 1.29 is 24.2 Å². The summed E-state index contributed by atoms with van der Waals surface area (Å²) in [4.78, 5) is 37.9. The van der Waals surface area contributed by atoms with Gasteiger partial charge in [-0.2, -0.15) is 0 Å². The second-order valence-electron chi connectivity index (χ2n) is 6.28. The average Bonchev–Trinajstić information content (AvgIpc) is 2.69. The highest BCUT2D eigenvalue weighted by atomic mass is 16.5. The van der Waals surface area contributed by atoms with Crippen molar-refractivity contribution in [1.82, 2.24) is 4.90 Å². The van der Waals surface area contributed by atoms with E-state index in [1.165, 1.54) is 4.90 Å². The third-order valence-corrected chi connectivity index (χ3v) is 4.44. The lowest BCUT2D eigenvalue weighted by molar-refractivity contribution is -0.147. The SMILES string of the molecule is Cc1ccc(C(=O)N2CCOCC2C(=O)O)cc1NC(=O)c1ccccc1. The lowest BCUT2D eigenvalue weighted by Gasteiger charge is -2.33. The van der Waals surface area contributed by atoms with E-state index in [1.54, 1.807) is 42.5 Å². The number of aliphatic carboxylic acids is 1. The average molecular weight is 368 g/mol. The van der Waals surface area contributed by atoms with Crippen molar-refractivity contribution in [3.8, 4) is 0 Å². The van der Waals surface area contributed by atoms with Gasteiger partial charge in [-0.25, -0.2) is 4.79 Å². The maximum atomic E-state index is 12.8. The maximum absolute atomic E-state index is 12.8. The molecule has 7 nitrogen and oxygen atoms in total. The Hall–Kier alpha value is -3.19. The van der Waals surface area contributed by atoms with Gasteiger partial charge in [-0.15, -0.1) is 0 Å². The Morgan fingerprint density at radius 2 is 1.85 bits per heavy atom. The molecule has 2 N–H and O–H groups in total. The molecular formula is C20H20N2O5. The van der Waals surface area contributed by atoms with Crippen LogP contribution in [0.3, 0.4) is 0 Å². The van der Waals surface area contributed by atoms with E-state index in [0.29, 0.717) is 23.4 Å². The Morgan fingerprint density at radius 3 is 2.56 bits per heavy atom. The van der Waals surface area contributed by atoms with E-state index >= 15 is 0 Å². The van der Waals surface area contributed by atoms with Gasteiger partial charge in [0.05, 0.1) is 13.2 Å². The van der Waals surface area contributed by atoms with E-state index in [9.17, 15) is 19.5 Å². The van der Waals surface area contributed by atoms with Crippen molar-refractivity contribution in [3.05, 3.63) is 65.2 Å². The van der Waals surface area contributed by atoms with Crippen LogP contribution in [-0.2, 0) is 9.53 Å². The number of carbonyl (C=O) groups is 3. The molecule has 7 heteroatoms. The highest BCUT2D eigenvalue weighted by Crippen LogP contribution is 2.21. The fraction of sp³-hybridized carbons (Fsp3) is 0.250. The standard InChI is InChI=1S/C20H20N2O5/c1-13-7-8-15(19(24)22-9-10-27-12-17(22)20(25)26)11-16(13)21-18(23)14-5-3-2-4-6-14/h2-8,11,17H,9-10,12H2,1H3,(H,21,23)(H,25,26). The largest absolute Gasteiger partial charge is 0.480 e. The van der Waals surface area contributed by atoms with Gasteiger partial charge < -0.3 is 20.1 Å². The van der Waals surface area contributed by atoms with Crippen molar-refractivity contribution in [2.24, 2.45) is 0 Å². The number of rotatable bonds is 4. The molecule has 0 aromatic heterocycles. The number of nitrogens with one attached hydrogen (secondary N) is 1. The third kappa shape index (κ3) is 4.15. The summed E-state index contributed by atoms with van der Waals surface area (Å²) in [5, 5.41) is 12.1. The van der Waals surface area contributed by atoms with Crippen molar-refractivity contribution in [1.29, 1.82) is 0 Å². The molecule has 1 unspecified atom stereocenters. The smallest absolute Gasteiger partial charge is 0.328 e. The number of aryl methyl sites for hydroxylation is 1. The predicted molar refractivity (Wildman–Crippen MR) is 98.9 cm³/mol. The molecular weight excluding hydrogens is 348 g/mol. The van der Waals surface area contributed by atoms with Gasteiger partial charge in [-0.1, -0.05) is 24.3 Å². The summed E-state index contributed by atoms with van der Waals surface area (Å²) in [6.45, 7) is 2.28. The molecule has 3 rings (SSSR count). The number of amides is 2. The number of carbonyl (C=O) groups excluding carboxylic acids is 2. The first-order valence-corrected chi connectivity index (χ1v) is 8.56. The van der Waals surface area contributed by atoms with Gasteiger partial charge >= 0.3 is 5.97 Å². The minimum atomic E-state index is -1.10. The van der Waals surface area contributed by atoms with Crippen LogP contribution in [0.2, 0.25) is 0 Å². The minimum absolute atomic E-state index is 0.0372. The number of anilines is 1. The number of benzene rings is 2. The highest BCUT2D eigenvalue weighted by molar-refractivity contribution is 6.05. The lowest BCUT2D eigenvalue weighted by atomic mass is 10.1. The Morgan fingerprint density at radius 1 is 1.11 bits per heavy atom. The molecule has 1 aliphatic heterocycles. The van der Waals surface area contributed by atoms with Crippen molar-refractivity contribution in [2.75, 3.05) is 25.1 Å². The van der Waals surface area contributed by atoms with Gasteiger partial charge in [0.15, 0.2) is 6.04 Å². The summed E-state index contributed by atoms with van der Waals surface area (Å²) in [6.07, 6.45) is 0. The number of hydrogen-bond acceptors (Lipinski definition) is 4. The van der Waals surface area contributed by atoms with Gasteiger partial charge in [0.2, 0.25) is 0 Å². The zero-order valence-corrected chi connectivity index (χ0v) is 14.8. The van der Waals surface area contributed by atoms with Gasteiger partial charge in [-0.05, 0) is 36.8 Å². The van der Waals surface area contributed by atoms with E-state index in [4.69, 9.17) is 4.74 Å². The van der Waals surface area contributed by atoms with Gasteiger partial charge in [0.25, 0.3) is 11.8 Å². The van der Waals surface area contributed by atoms with Crippen LogP contribution in [0.5, 0.6) is 0 Å². The summed E-state index contributed by atoms with van der Waals surface area (Å²) in [5.74, 6) is -1.79. The Balaban J connectivity index is 1.83. The number of morpholine rings is 1. The van der Waals surface area contributed by atoms with Crippen LogP contribution >= 0.6 is 0 Å². The number of carboxylic acid groups (broad SMARTS) is 1. The van der Waals surface area contributed by atoms with Gasteiger partial charge in [-0.3, -0.25) is 9.59 Å². The number of ether oxygens (including phenoxy) is 1. The van der Waals surface area contributed by atoms with Crippen LogP contribution in [0, 0.1) is 6.92 Å². The van der Waals surface area contributed by atoms with E-state index < -0.39 is 17.9 Å². The molecule has 1 heterocycles. The normalized spacial score (nSPS) is 16.6. The molecule has 1 atom stereocenters. The van der Waals surface area contributed by atoms with Gasteiger partial charge in [0, 0.05) is 23.4 Å². The molecule has 0 radical (unpaired) electrons. The molecule has 0 saturated carbocycles. The molecule has 0 aliphatic carbocycles. The Bertz CT molecular complexity index is 866. The fourth-order valence-corrected chi connectivity index (χ4v) is 2.89. The van der Waals surface area contributed by atoms with E-state index in [0.717, 1.165) is 5.56 Å². The molecule has 1 aliphatic rings. The molecule has 27 heavy (non-hydrogen) atoms. The van der Waals surface area contributed by atoms with Crippen LogP contribution in [0.4, 0.5) is 5.69 Å². The van der Waals surface area contributed by atoms with E-state index in [1.807, 2.05) is 13.0 Å². The monoisotopic (exact) mass is 368 g/mol. The molecule has 1 saturated heterocycles. The Kier molecular flexibility index (Phi) is 5.52. The molecule has 0 spiro atoms. The molecule has 140 valence electrons. The summed E-state index contributed by atoms with van der Waals surface area (Å²) in [5.41, 5.74) is 2.13. The molecule has 0 bridgehead atoms. The van der Waals surface area contributed by atoms with Crippen molar-refractivity contribution in [2.45, 2.75) is 13.0 Å². The summed E-state index contributed by atoms with van der Waals surface area (Å²) >= 11 is 0. The van der Waals surface area contributed by atoms with Crippen LogP contribution in [0.1, 0.15) is 26.3 Å². The van der Waals surface area contributed by atoms with Crippen LogP contribution in [0.25, 0.3) is 0 Å². The fourth-order valence-electron chi connectivity index (χ4n) is 2.89. The maximum Gasteiger partial charge on any atom is 0.328 e. The lowest BCUT2D eigenvalue weighted by Crippen LogP contribution is -2.52. The molecule has 1 fully saturated rings. The summed E-state index contributed by atoms with van der Waals surface area (Å²) < 4.78 is 5.17. The second kappa shape index (κ2) is 8.01. The first-order valence-electron chi connectivity index (χ1n) is 8.56. The number of carboxylic acids is 1. The van der Waals surface area contributed by atoms with E-state index in [2.05, 4.69) is 5.32 Å². The molecule has 2 aromatic carbocycles.